The van der Waals surface area contributed by atoms with E-state index in [1.165, 1.54) is 0 Å². The fourth-order valence-corrected chi connectivity index (χ4v) is 4.54. The molecule has 178 valence electrons. The summed E-state index contributed by atoms with van der Waals surface area (Å²) >= 11 is 0. The lowest BCUT2D eigenvalue weighted by molar-refractivity contribution is 0.629. The fraction of sp³-hybridized carbons (Fsp3) is 0.182. The smallest absolute Gasteiger partial charge is 0.0346 e. The van der Waals surface area contributed by atoms with Crippen LogP contribution in [0, 0.1) is 10.8 Å². The summed E-state index contributed by atoms with van der Waals surface area (Å²) in [5.74, 6) is 0. The normalized spacial score (nSPS) is 18.3. The van der Waals surface area contributed by atoms with Crippen LogP contribution < -0.4 is 0 Å². The van der Waals surface area contributed by atoms with Crippen LogP contribution >= 0.6 is 0 Å². The molecular weight excluding hydrogens is 438 g/mol. The van der Waals surface area contributed by atoms with Gasteiger partial charge in [-0.1, -0.05) is 76.3 Å². The summed E-state index contributed by atoms with van der Waals surface area (Å²) < 4.78 is 0. The average Bonchev–Trinajstić information content (AvgIpc) is 3.15. The molecule has 0 radical (unpaired) electrons. The first-order valence-corrected chi connectivity index (χ1v) is 12.3. The van der Waals surface area contributed by atoms with Gasteiger partial charge in [0.1, 0.15) is 0 Å². The van der Waals surface area contributed by atoms with Crippen LogP contribution in [0.3, 0.4) is 0 Å². The van der Waals surface area contributed by atoms with E-state index in [0.29, 0.717) is 0 Å². The molecule has 3 heteroatoms. The average molecular weight is 470 g/mol. The molecule has 5 rings (SSSR count). The highest BCUT2D eigenvalue weighted by molar-refractivity contribution is 5.92. The number of allylic oxidation sites excluding steroid dienone is 12. The van der Waals surface area contributed by atoms with Crippen LogP contribution in [0.4, 0.5) is 0 Å². The van der Waals surface area contributed by atoms with Crippen molar-refractivity contribution in [3.05, 3.63) is 138 Å². The highest BCUT2D eigenvalue weighted by Gasteiger charge is 2.19. The molecule has 0 unspecified atom stereocenters. The molecule has 2 aliphatic rings. The number of pyridine rings is 3. The highest BCUT2D eigenvalue weighted by Crippen LogP contribution is 2.36. The monoisotopic (exact) mass is 469 g/mol. The molecule has 3 nitrogen and oxygen atoms in total. The van der Waals surface area contributed by atoms with Crippen molar-refractivity contribution in [3.8, 4) is 0 Å². The predicted octanol–water partition coefficient (Wildman–Crippen LogP) is 8.00. The first-order chi connectivity index (χ1) is 17.3. The number of aromatic nitrogens is 3. The van der Waals surface area contributed by atoms with Gasteiger partial charge in [0.2, 0.25) is 0 Å². The summed E-state index contributed by atoms with van der Waals surface area (Å²) in [5, 5.41) is 0. The molecule has 3 heterocycles. The zero-order chi connectivity index (χ0) is 25.2. The molecular formula is C33H31N3. The van der Waals surface area contributed by atoms with Crippen molar-refractivity contribution in [1.29, 1.82) is 0 Å². The minimum Gasteiger partial charge on any atom is -0.264 e. The van der Waals surface area contributed by atoms with Gasteiger partial charge in [-0.25, -0.2) is 0 Å². The Balaban J connectivity index is 1.57. The maximum atomic E-state index is 4.65. The molecule has 3 aromatic rings. The maximum absolute atomic E-state index is 4.65. The van der Waals surface area contributed by atoms with E-state index in [1.54, 1.807) is 0 Å². The van der Waals surface area contributed by atoms with Crippen molar-refractivity contribution in [2.45, 2.75) is 27.7 Å². The van der Waals surface area contributed by atoms with E-state index in [4.69, 9.17) is 0 Å². The van der Waals surface area contributed by atoms with Crippen LogP contribution in [0.25, 0.3) is 22.3 Å². The van der Waals surface area contributed by atoms with Crippen molar-refractivity contribution in [1.82, 2.24) is 15.0 Å². The van der Waals surface area contributed by atoms with Crippen LogP contribution in [-0.2, 0) is 0 Å². The van der Waals surface area contributed by atoms with Gasteiger partial charge in [0.15, 0.2) is 0 Å². The van der Waals surface area contributed by atoms with E-state index >= 15 is 0 Å². The number of hydrogen-bond acceptors (Lipinski definition) is 3. The third-order valence-corrected chi connectivity index (χ3v) is 6.46. The zero-order valence-electron chi connectivity index (χ0n) is 21.3. The lowest BCUT2D eigenvalue weighted by atomic mass is 9.90. The molecule has 3 aromatic heterocycles. The number of rotatable bonds is 4. The first-order valence-electron chi connectivity index (χ1n) is 12.3. The van der Waals surface area contributed by atoms with Gasteiger partial charge in [0.05, 0.1) is 0 Å². The molecule has 0 saturated heterocycles. The molecule has 0 saturated carbocycles. The lowest BCUT2D eigenvalue weighted by Crippen LogP contribution is -2.02. The Bertz CT molecular complexity index is 1340. The summed E-state index contributed by atoms with van der Waals surface area (Å²) in [6.07, 6.45) is 29.4. The Labute approximate surface area is 214 Å². The standard InChI is InChI=1S/C33H31N3/c1-32(2)11-9-24(15-28(18-32)26-7-5-13-34-20-26)30-17-31(23-36-22-30)25-10-12-33(3,4)19-29(16-25)27-8-6-14-35-21-27/h5-23H,1-4H3. The number of hydrogen-bond donors (Lipinski definition) is 0. The van der Waals surface area contributed by atoms with Gasteiger partial charge < -0.3 is 0 Å². The second-order valence-electron chi connectivity index (χ2n) is 10.7. The van der Waals surface area contributed by atoms with Gasteiger partial charge in [-0.05, 0) is 63.8 Å². The fourth-order valence-electron chi connectivity index (χ4n) is 4.54. The van der Waals surface area contributed by atoms with Crippen LogP contribution in [0.5, 0.6) is 0 Å². The van der Waals surface area contributed by atoms with E-state index in [9.17, 15) is 0 Å². The Kier molecular flexibility index (Phi) is 6.24. The van der Waals surface area contributed by atoms with Gasteiger partial charge in [0, 0.05) is 59.1 Å². The zero-order valence-corrected chi connectivity index (χ0v) is 21.3. The summed E-state index contributed by atoms with van der Waals surface area (Å²) in [5.41, 5.74) is 8.83. The van der Waals surface area contributed by atoms with E-state index in [1.807, 2.05) is 49.3 Å². The Morgan fingerprint density at radius 1 is 0.528 bits per heavy atom. The summed E-state index contributed by atoms with van der Waals surface area (Å²) in [6, 6.07) is 10.4. The van der Waals surface area contributed by atoms with Gasteiger partial charge in [-0.3, -0.25) is 15.0 Å². The van der Waals surface area contributed by atoms with Gasteiger partial charge in [-0.15, -0.1) is 0 Å². The van der Waals surface area contributed by atoms with Gasteiger partial charge in [0.25, 0.3) is 0 Å². The molecule has 0 bridgehead atoms. The molecule has 0 aromatic carbocycles. The van der Waals surface area contributed by atoms with Crippen LogP contribution in [0.15, 0.2) is 116 Å². The van der Waals surface area contributed by atoms with E-state index < -0.39 is 0 Å². The first kappa shape index (κ1) is 23.6. The minimum atomic E-state index is -0.0734. The Morgan fingerprint density at radius 3 is 1.39 bits per heavy atom. The highest BCUT2D eigenvalue weighted by atomic mass is 14.6. The third kappa shape index (κ3) is 5.41. The largest absolute Gasteiger partial charge is 0.264 e. The van der Waals surface area contributed by atoms with Crippen molar-refractivity contribution >= 4 is 22.3 Å². The summed E-state index contributed by atoms with van der Waals surface area (Å²) in [4.78, 5) is 13.3. The van der Waals surface area contributed by atoms with Crippen molar-refractivity contribution in [2.24, 2.45) is 10.8 Å². The Morgan fingerprint density at radius 2 is 0.972 bits per heavy atom. The molecule has 2 aliphatic carbocycles. The second-order valence-corrected chi connectivity index (χ2v) is 10.7. The molecule has 0 atom stereocenters. The van der Waals surface area contributed by atoms with Crippen LogP contribution in [-0.4, -0.2) is 15.0 Å². The second kappa shape index (κ2) is 9.50. The minimum absolute atomic E-state index is 0.0734. The van der Waals surface area contributed by atoms with Crippen molar-refractivity contribution in [2.75, 3.05) is 0 Å². The molecule has 0 spiro atoms. The summed E-state index contributed by atoms with van der Waals surface area (Å²) in [7, 11) is 0. The van der Waals surface area contributed by atoms with Crippen LogP contribution in [0.1, 0.15) is 49.9 Å². The molecule has 0 N–H and O–H groups in total. The Hall–Kier alpha value is -4.11. The van der Waals surface area contributed by atoms with Gasteiger partial charge >= 0.3 is 0 Å². The number of nitrogens with zero attached hydrogens (tertiary/aromatic N) is 3. The van der Waals surface area contributed by atoms with E-state index in [0.717, 1.165) is 44.5 Å². The molecule has 0 fully saturated rings. The van der Waals surface area contributed by atoms with Crippen molar-refractivity contribution < 1.29 is 0 Å². The maximum Gasteiger partial charge on any atom is 0.0346 e. The van der Waals surface area contributed by atoms with Crippen LogP contribution in [0.2, 0.25) is 0 Å². The van der Waals surface area contributed by atoms with E-state index in [-0.39, 0.29) is 10.8 Å². The molecule has 36 heavy (non-hydrogen) atoms. The SMILES string of the molecule is CC1(C)C=CC(c2cncc(C3=CC(c4cccnc4)=CC(C)(C)C=C3)c2)=CC(c2cccnc2)=C1. The van der Waals surface area contributed by atoms with E-state index in [2.05, 4.69) is 109 Å². The molecule has 0 aliphatic heterocycles. The summed E-state index contributed by atoms with van der Waals surface area (Å²) in [6.45, 7) is 8.89. The van der Waals surface area contributed by atoms with Crippen molar-refractivity contribution in [3.63, 3.8) is 0 Å². The third-order valence-electron chi connectivity index (χ3n) is 6.46. The quantitative estimate of drug-likeness (QED) is 0.388. The topological polar surface area (TPSA) is 38.7 Å². The van der Waals surface area contributed by atoms with Gasteiger partial charge in [-0.2, -0.15) is 0 Å². The predicted molar refractivity (Wildman–Crippen MR) is 150 cm³/mol. The molecule has 0 amide bonds. The lowest BCUT2D eigenvalue weighted by Gasteiger charge is -2.15.